The maximum atomic E-state index is 12.2. The smallest absolute Gasteiger partial charge is 0.278 e. The molecular weight excluding hydrogens is 298 g/mol. The number of nitrogens with one attached hydrogen (secondary N) is 1. The number of fused-ring (bicyclic) bond motifs is 1. The molecule has 0 unspecified atom stereocenters. The number of aromatic nitrogens is 2. The third-order valence-electron chi connectivity index (χ3n) is 3.40. The first-order chi connectivity index (χ1) is 11.2. The molecule has 0 saturated heterocycles. The van der Waals surface area contributed by atoms with Gasteiger partial charge in [0.25, 0.3) is 5.91 Å². The molecule has 23 heavy (non-hydrogen) atoms. The monoisotopic (exact) mass is 317 g/mol. The van der Waals surface area contributed by atoms with Crippen LogP contribution in [-0.4, -0.2) is 35.5 Å². The van der Waals surface area contributed by atoms with Gasteiger partial charge in [0.2, 0.25) is 0 Å². The molecule has 7 heteroatoms. The molecule has 1 amide bonds. The van der Waals surface area contributed by atoms with E-state index in [2.05, 4.69) is 10.6 Å². The van der Waals surface area contributed by atoms with E-state index in [1.54, 1.807) is 24.9 Å². The summed E-state index contributed by atoms with van der Waals surface area (Å²) < 4.78 is 12.9. The fourth-order valence-electron chi connectivity index (χ4n) is 2.37. The Morgan fingerprint density at radius 1 is 1.35 bits per heavy atom. The van der Waals surface area contributed by atoms with Crippen LogP contribution in [-0.2, 0) is 11.9 Å². The molecule has 0 bridgehead atoms. The van der Waals surface area contributed by atoms with Gasteiger partial charge in [-0.3, -0.25) is 14.3 Å². The number of carbonyl (C=O) groups excluding carboxylic acids is 1. The molecule has 2 aromatic rings. The van der Waals surface area contributed by atoms with Crippen molar-refractivity contribution in [3.05, 3.63) is 30.0 Å². The summed E-state index contributed by atoms with van der Waals surface area (Å²) in [6, 6.07) is 5.56. The predicted octanol–water partition coefficient (Wildman–Crippen LogP) is 1.93. The van der Waals surface area contributed by atoms with Gasteiger partial charge in [0.05, 0.1) is 25.4 Å². The fraction of sp³-hybridized carbons (Fsp3) is 0.375. The summed E-state index contributed by atoms with van der Waals surface area (Å²) in [5, 5.41) is 4.39. The van der Waals surface area contributed by atoms with Crippen LogP contribution in [0.1, 0.15) is 23.7 Å². The minimum Gasteiger partial charge on any atom is -0.490 e. The standard InChI is InChI=1S/C16H19N3O4/c1-3-23-18-16(20)12-10-19(2)17-15(12)11-5-6-13-14(9-11)22-8-4-7-21-13/h5-6,9-10H,3-4,7-8H2,1-2H3,(H,18,20). The van der Waals surface area contributed by atoms with Gasteiger partial charge in [0.15, 0.2) is 11.5 Å². The van der Waals surface area contributed by atoms with Gasteiger partial charge < -0.3 is 9.47 Å². The highest BCUT2D eigenvalue weighted by molar-refractivity contribution is 5.99. The van der Waals surface area contributed by atoms with Crippen LogP contribution in [0.15, 0.2) is 24.4 Å². The van der Waals surface area contributed by atoms with Crippen molar-refractivity contribution in [3.8, 4) is 22.8 Å². The van der Waals surface area contributed by atoms with Gasteiger partial charge in [0.1, 0.15) is 5.69 Å². The summed E-state index contributed by atoms with van der Waals surface area (Å²) in [4.78, 5) is 17.2. The Kier molecular flexibility index (Phi) is 4.47. The summed E-state index contributed by atoms with van der Waals surface area (Å²) in [7, 11) is 1.77. The Hall–Kier alpha value is -2.54. The molecule has 3 rings (SSSR count). The second-order valence-electron chi connectivity index (χ2n) is 5.14. The lowest BCUT2D eigenvalue weighted by atomic mass is 10.1. The molecule has 0 saturated carbocycles. The number of hydrogen-bond acceptors (Lipinski definition) is 5. The van der Waals surface area contributed by atoms with E-state index in [9.17, 15) is 4.79 Å². The fourth-order valence-corrected chi connectivity index (χ4v) is 2.37. The van der Waals surface area contributed by atoms with E-state index in [-0.39, 0.29) is 5.91 Å². The molecular formula is C16H19N3O4. The topological polar surface area (TPSA) is 74.6 Å². The number of carbonyl (C=O) groups is 1. The van der Waals surface area contributed by atoms with E-state index < -0.39 is 0 Å². The van der Waals surface area contributed by atoms with E-state index in [4.69, 9.17) is 14.3 Å². The zero-order valence-corrected chi connectivity index (χ0v) is 13.2. The molecule has 1 aliphatic rings. The van der Waals surface area contributed by atoms with Crippen LogP contribution in [0, 0.1) is 0 Å². The summed E-state index contributed by atoms with van der Waals surface area (Å²) >= 11 is 0. The average molecular weight is 317 g/mol. The Balaban J connectivity index is 1.95. The van der Waals surface area contributed by atoms with Crippen LogP contribution >= 0.6 is 0 Å². The normalized spacial score (nSPS) is 13.5. The molecule has 1 N–H and O–H groups in total. The largest absolute Gasteiger partial charge is 0.490 e. The highest BCUT2D eigenvalue weighted by Gasteiger charge is 2.19. The molecule has 1 aromatic heterocycles. The SMILES string of the molecule is CCONC(=O)c1cn(C)nc1-c1ccc2c(c1)OCCCO2. The number of ether oxygens (including phenoxy) is 2. The highest BCUT2D eigenvalue weighted by Crippen LogP contribution is 2.34. The van der Waals surface area contributed by atoms with Crippen molar-refractivity contribution in [1.29, 1.82) is 0 Å². The molecule has 7 nitrogen and oxygen atoms in total. The van der Waals surface area contributed by atoms with Gasteiger partial charge in [-0.1, -0.05) is 0 Å². The zero-order chi connectivity index (χ0) is 16.2. The maximum absolute atomic E-state index is 12.2. The van der Waals surface area contributed by atoms with Crippen molar-refractivity contribution in [2.45, 2.75) is 13.3 Å². The molecule has 0 atom stereocenters. The number of benzene rings is 1. The minimum absolute atomic E-state index is 0.331. The van der Waals surface area contributed by atoms with Crippen molar-refractivity contribution < 1.29 is 19.1 Å². The molecule has 0 fully saturated rings. The Bertz CT molecular complexity index is 711. The van der Waals surface area contributed by atoms with E-state index in [0.717, 1.165) is 12.0 Å². The first-order valence-corrected chi connectivity index (χ1v) is 7.55. The number of hydrogen-bond donors (Lipinski definition) is 1. The van der Waals surface area contributed by atoms with Crippen LogP contribution < -0.4 is 15.0 Å². The van der Waals surface area contributed by atoms with Gasteiger partial charge in [-0.15, -0.1) is 0 Å². The highest BCUT2D eigenvalue weighted by atomic mass is 16.6. The first kappa shape index (κ1) is 15.4. The number of hydroxylamine groups is 1. The molecule has 0 radical (unpaired) electrons. The summed E-state index contributed by atoms with van der Waals surface area (Å²) in [6.45, 7) is 3.44. The molecule has 1 aromatic carbocycles. The second-order valence-corrected chi connectivity index (χ2v) is 5.14. The van der Waals surface area contributed by atoms with Gasteiger partial charge in [-0.2, -0.15) is 5.10 Å². The van der Waals surface area contributed by atoms with Crippen molar-refractivity contribution in [2.24, 2.45) is 7.05 Å². The number of nitrogens with zero attached hydrogens (tertiary/aromatic N) is 2. The van der Waals surface area contributed by atoms with Crippen LogP contribution in [0.25, 0.3) is 11.3 Å². The third kappa shape index (κ3) is 3.29. The Morgan fingerprint density at radius 2 is 2.13 bits per heavy atom. The quantitative estimate of drug-likeness (QED) is 0.872. The van der Waals surface area contributed by atoms with Gasteiger partial charge in [-0.25, -0.2) is 5.48 Å². The van der Waals surface area contributed by atoms with E-state index in [1.807, 2.05) is 18.2 Å². The van der Waals surface area contributed by atoms with Crippen molar-refractivity contribution in [2.75, 3.05) is 19.8 Å². The minimum atomic E-state index is -0.331. The second kappa shape index (κ2) is 6.70. The van der Waals surface area contributed by atoms with Crippen molar-refractivity contribution in [3.63, 3.8) is 0 Å². The number of aryl methyl sites for hydroxylation is 1. The average Bonchev–Trinajstić information content (AvgIpc) is 2.80. The number of rotatable bonds is 4. The lowest BCUT2D eigenvalue weighted by Crippen LogP contribution is -2.23. The number of amides is 1. The van der Waals surface area contributed by atoms with E-state index in [1.165, 1.54) is 0 Å². The zero-order valence-electron chi connectivity index (χ0n) is 13.2. The van der Waals surface area contributed by atoms with Crippen LogP contribution in [0.3, 0.4) is 0 Å². The van der Waals surface area contributed by atoms with E-state index in [0.29, 0.717) is 42.6 Å². The molecule has 0 aliphatic carbocycles. The molecule has 122 valence electrons. The van der Waals surface area contributed by atoms with Gasteiger partial charge in [0, 0.05) is 25.2 Å². The Labute approximate surface area is 134 Å². The van der Waals surface area contributed by atoms with Gasteiger partial charge in [-0.05, 0) is 25.1 Å². The molecule has 2 heterocycles. The third-order valence-corrected chi connectivity index (χ3v) is 3.40. The van der Waals surface area contributed by atoms with E-state index >= 15 is 0 Å². The van der Waals surface area contributed by atoms with Crippen LogP contribution in [0.5, 0.6) is 11.5 Å². The van der Waals surface area contributed by atoms with Crippen LogP contribution in [0.4, 0.5) is 0 Å². The summed E-state index contributed by atoms with van der Waals surface area (Å²) in [5.74, 6) is 1.05. The van der Waals surface area contributed by atoms with Crippen LogP contribution in [0.2, 0.25) is 0 Å². The first-order valence-electron chi connectivity index (χ1n) is 7.55. The molecule has 0 spiro atoms. The maximum Gasteiger partial charge on any atom is 0.278 e. The predicted molar refractivity (Wildman–Crippen MR) is 83.3 cm³/mol. The lowest BCUT2D eigenvalue weighted by molar-refractivity contribution is 0.0365. The summed E-state index contributed by atoms with van der Waals surface area (Å²) in [5.41, 5.74) is 4.19. The molecule has 1 aliphatic heterocycles. The van der Waals surface area contributed by atoms with Crippen molar-refractivity contribution in [1.82, 2.24) is 15.3 Å². The Morgan fingerprint density at radius 3 is 2.91 bits per heavy atom. The lowest BCUT2D eigenvalue weighted by Gasteiger charge is -2.09. The van der Waals surface area contributed by atoms with Crippen molar-refractivity contribution >= 4 is 5.91 Å². The van der Waals surface area contributed by atoms with Gasteiger partial charge >= 0.3 is 0 Å². The summed E-state index contributed by atoms with van der Waals surface area (Å²) in [6.07, 6.45) is 2.50.